The van der Waals surface area contributed by atoms with Gasteiger partial charge >= 0.3 is 0 Å². The maximum atomic E-state index is 2.38. The van der Waals surface area contributed by atoms with E-state index in [-0.39, 0.29) is 0 Å². The van der Waals surface area contributed by atoms with Gasteiger partial charge in [-0.25, -0.2) is 0 Å². The number of hydrogen-bond acceptors (Lipinski definition) is 0. The zero-order valence-corrected chi connectivity index (χ0v) is 10.9. The van der Waals surface area contributed by atoms with E-state index >= 15 is 0 Å². The Morgan fingerprint density at radius 3 is 2.07 bits per heavy atom. The first-order chi connectivity index (χ1) is 6.33. The van der Waals surface area contributed by atoms with Crippen LogP contribution in [-0.2, 0) is 0 Å². The van der Waals surface area contributed by atoms with Crippen molar-refractivity contribution in [2.45, 2.75) is 60.8 Å². The first kappa shape index (κ1) is 13.7. The number of rotatable bonds is 6. The zero-order chi connectivity index (χ0) is 11.2. The van der Waals surface area contributed by atoms with Gasteiger partial charge in [-0.1, -0.05) is 60.1 Å². The molecule has 0 aromatic carbocycles. The third-order valence-corrected chi connectivity index (χ3v) is 2.59. The summed E-state index contributed by atoms with van der Waals surface area (Å²) >= 11 is 0. The molecule has 0 aliphatic carbocycles. The van der Waals surface area contributed by atoms with Crippen LogP contribution in [0.4, 0.5) is 0 Å². The Labute approximate surface area is 90.8 Å². The molecule has 0 saturated heterocycles. The van der Waals surface area contributed by atoms with Crippen molar-refractivity contribution in [2.24, 2.45) is 17.3 Å². The highest BCUT2D eigenvalue weighted by molar-refractivity contribution is 4.89. The molecule has 0 atom stereocenters. The van der Waals surface area contributed by atoms with Crippen LogP contribution in [0.3, 0.4) is 0 Å². The van der Waals surface area contributed by atoms with E-state index in [1.807, 2.05) is 0 Å². The van der Waals surface area contributed by atoms with Crippen LogP contribution in [0, 0.1) is 17.3 Å². The number of hydrogen-bond donors (Lipinski definition) is 0. The molecule has 0 heterocycles. The molecule has 14 heavy (non-hydrogen) atoms. The Bertz CT molecular complexity index is 161. The molecular formula is C14H28. The van der Waals surface area contributed by atoms with E-state index in [2.05, 4.69) is 53.7 Å². The maximum Gasteiger partial charge on any atom is -0.0290 e. The normalized spacial score (nSPS) is 13.4. The second-order valence-corrected chi connectivity index (χ2v) is 5.97. The molecule has 0 N–H and O–H groups in total. The van der Waals surface area contributed by atoms with Crippen molar-refractivity contribution in [1.29, 1.82) is 0 Å². The highest BCUT2D eigenvalue weighted by Gasteiger charge is 2.15. The van der Waals surface area contributed by atoms with Crippen molar-refractivity contribution in [1.82, 2.24) is 0 Å². The lowest BCUT2D eigenvalue weighted by atomic mass is 9.82. The van der Waals surface area contributed by atoms with Crippen LogP contribution >= 0.6 is 0 Å². The molecule has 0 saturated carbocycles. The van der Waals surface area contributed by atoms with Gasteiger partial charge in [-0.3, -0.25) is 0 Å². The lowest BCUT2D eigenvalue weighted by molar-refractivity contribution is 0.307. The fraction of sp³-hybridized carbons (Fsp3) is 0.857. The van der Waals surface area contributed by atoms with Crippen molar-refractivity contribution >= 4 is 0 Å². The van der Waals surface area contributed by atoms with Gasteiger partial charge in [0.05, 0.1) is 0 Å². The molecule has 84 valence electrons. The summed E-state index contributed by atoms with van der Waals surface area (Å²) in [6.45, 7) is 13.8. The predicted octanol–water partition coefficient (Wildman–Crippen LogP) is 5.05. The Morgan fingerprint density at radius 1 is 1.07 bits per heavy atom. The van der Waals surface area contributed by atoms with E-state index in [0.29, 0.717) is 11.3 Å². The number of allylic oxidation sites excluding steroid dienone is 2. The van der Waals surface area contributed by atoms with Gasteiger partial charge in [-0.15, -0.1) is 0 Å². The molecule has 0 rings (SSSR count). The van der Waals surface area contributed by atoms with Crippen LogP contribution < -0.4 is 0 Å². The van der Waals surface area contributed by atoms with E-state index in [9.17, 15) is 0 Å². The van der Waals surface area contributed by atoms with Gasteiger partial charge in [-0.2, -0.15) is 0 Å². The molecule has 0 radical (unpaired) electrons. The van der Waals surface area contributed by atoms with Gasteiger partial charge in [0.1, 0.15) is 0 Å². The lowest BCUT2D eigenvalue weighted by Gasteiger charge is -2.24. The second-order valence-electron chi connectivity index (χ2n) is 5.97. The van der Waals surface area contributed by atoms with Gasteiger partial charge in [0.25, 0.3) is 0 Å². The summed E-state index contributed by atoms with van der Waals surface area (Å²) in [6, 6.07) is 0. The van der Waals surface area contributed by atoms with Crippen molar-refractivity contribution in [2.75, 3.05) is 0 Å². The minimum atomic E-state index is 0.482. The molecule has 0 unspecified atom stereocenters. The van der Waals surface area contributed by atoms with Gasteiger partial charge < -0.3 is 0 Å². The molecule has 0 bridgehead atoms. The standard InChI is InChI=1S/C14H28/c1-12(2)8-7-10-14(5,6)11-9-13(3)4/h7-8,12-13H,9-11H2,1-6H3/b8-7-. The third kappa shape index (κ3) is 8.34. The van der Waals surface area contributed by atoms with Crippen LogP contribution in [0.5, 0.6) is 0 Å². The monoisotopic (exact) mass is 196 g/mol. The third-order valence-electron chi connectivity index (χ3n) is 2.59. The Kier molecular flexibility index (Phi) is 6.15. The quantitative estimate of drug-likeness (QED) is 0.521. The molecule has 0 aliphatic rings. The first-order valence-electron chi connectivity index (χ1n) is 6.00. The SMILES string of the molecule is CC(C)/C=C\CC(C)(C)CCC(C)C. The first-order valence-corrected chi connectivity index (χ1v) is 6.00. The summed E-state index contributed by atoms with van der Waals surface area (Å²) in [7, 11) is 0. The summed E-state index contributed by atoms with van der Waals surface area (Å²) in [6.07, 6.45) is 8.58. The van der Waals surface area contributed by atoms with E-state index in [1.165, 1.54) is 19.3 Å². The Morgan fingerprint density at radius 2 is 1.64 bits per heavy atom. The minimum Gasteiger partial charge on any atom is -0.0877 e. The van der Waals surface area contributed by atoms with Gasteiger partial charge in [0.15, 0.2) is 0 Å². The molecule has 0 heteroatoms. The van der Waals surface area contributed by atoms with E-state index < -0.39 is 0 Å². The smallest absolute Gasteiger partial charge is 0.0290 e. The summed E-state index contributed by atoms with van der Waals surface area (Å²) in [5, 5.41) is 0. The minimum absolute atomic E-state index is 0.482. The predicted molar refractivity (Wildman–Crippen MR) is 66.4 cm³/mol. The van der Waals surface area contributed by atoms with Crippen molar-refractivity contribution in [3.8, 4) is 0 Å². The van der Waals surface area contributed by atoms with Gasteiger partial charge in [0, 0.05) is 0 Å². The van der Waals surface area contributed by atoms with Crippen LogP contribution in [0.1, 0.15) is 60.8 Å². The van der Waals surface area contributed by atoms with Gasteiger partial charge in [-0.05, 0) is 30.1 Å². The van der Waals surface area contributed by atoms with Crippen LogP contribution in [0.2, 0.25) is 0 Å². The van der Waals surface area contributed by atoms with Crippen LogP contribution in [0.15, 0.2) is 12.2 Å². The van der Waals surface area contributed by atoms with Crippen molar-refractivity contribution in [3.63, 3.8) is 0 Å². The summed E-state index contributed by atoms with van der Waals surface area (Å²) < 4.78 is 0. The Balaban J connectivity index is 3.82. The van der Waals surface area contributed by atoms with Gasteiger partial charge in [0.2, 0.25) is 0 Å². The van der Waals surface area contributed by atoms with Crippen molar-refractivity contribution in [3.05, 3.63) is 12.2 Å². The second kappa shape index (κ2) is 6.27. The van der Waals surface area contributed by atoms with E-state index in [1.54, 1.807) is 0 Å². The largest absolute Gasteiger partial charge is 0.0877 e. The summed E-state index contributed by atoms with van der Waals surface area (Å²) in [4.78, 5) is 0. The molecule has 0 aromatic rings. The van der Waals surface area contributed by atoms with E-state index in [4.69, 9.17) is 0 Å². The topological polar surface area (TPSA) is 0 Å². The fourth-order valence-corrected chi connectivity index (χ4v) is 1.44. The summed E-state index contributed by atoms with van der Waals surface area (Å²) in [5.41, 5.74) is 0.482. The fourth-order valence-electron chi connectivity index (χ4n) is 1.44. The molecule has 0 aliphatic heterocycles. The highest BCUT2D eigenvalue weighted by Crippen LogP contribution is 2.29. The molecule has 0 aromatic heterocycles. The molecular weight excluding hydrogens is 168 g/mol. The molecule has 0 fully saturated rings. The summed E-state index contributed by atoms with van der Waals surface area (Å²) in [5.74, 6) is 1.53. The highest BCUT2D eigenvalue weighted by atomic mass is 14.2. The Hall–Kier alpha value is -0.260. The van der Waals surface area contributed by atoms with Crippen molar-refractivity contribution < 1.29 is 0 Å². The van der Waals surface area contributed by atoms with E-state index in [0.717, 1.165) is 5.92 Å². The lowest BCUT2D eigenvalue weighted by Crippen LogP contribution is -2.11. The maximum absolute atomic E-state index is 2.38. The van der Waals surface area contributed by atoms with Crippen LogP contribution in [0.25, 0.3) is 0 Å². The average Bonchev–Trinajstić information content (AvgIpc) is 2.00. The zero-order valence-electron chi connectivity index (χ0n) is 10.9. The molecule has 0 amide bonds. The molecule has 0 spiro atoms. The molecule has 0 nitrogen and oxygen atoms in total. The average molecular weight is 196 g/mol. The van der Waals surface area contributed by atoms with Crippen LogP contribution in [-0.4, -0.2) is 0 Å².